The molecular weight excluding hydrogens is 869 g/mol. The van der Waals surface area contributed by atoms with Crippen LogP contribution in [0.15, 0.2) is 108 Å². The van der Waals surface area contributed by atoms with Crippen LogP contribution in [-0.4, -0.2) is 87.2 Å². The molecule has 0 radical (unpaired) electrons. The second-order valence-corrected chi connectivity index (χ2v) is 20.7. The van der Waals surface area contributed by atoms with Gasteiger partial charge in [0, 0.05) is 48.6 Å². The molecule has 2 atom stereocenters. The van der Waals surface area contributed by atoms with Gasteiger partial charge in [-0.3, -0.25) is 29.6 Å². The SMILES string of the molecule is O=C(NS(=O)(=O)c1cc([N+](=O)[O-])c2c(n1)OC[C@H](Cc1ccccc1)N2)c1ccc(N2CCC3(CC2)CC(N2CCC[C@H]2c2ccccc2C2CC2)C3)cc1-n1[nH]cc2nc3nccc3cc21. The van der Waals surface area contributed by atoms with Crippen molar-refractivity contribution in [2.75, 3.05) is 36.5 Å². The first-order valence-corrected chi connectivity index (χ1v) is 24.8. The van der Waals surface area contributed by atoms with E-state index in [1.807, 2.05) is 54.6 Å². The summed E-state index contributed by atoms with van der Waals surface area (Å²) in [6.07, 6.45) is 13.6. The number of carbonyl (C=O) groups excluding carboxylic acids is 1. The number of aromatic amines is 1. The lowest BCUT2D eigenvalue weighted by Crippen LogP contribution is -2.55. The summed E-state index contributed by atoms with van der Waals surface area (Å²) in [5.74, 6) is -0.437. The zero-order valence-corrected chi connectivity index (χ0v) is 37.6. The van der Waals surface area contributed by atoms with Gasteiger partial charge in [-0.25, -0.2) is 14.7 Å². The minimum absolute atomic E-state index is 0.0237. The summed E-state index contributed by atoms with van der Waals surface area (Å²) in [5, 5.41) is 18.8. The van der Waals surface area contributed by atoms with Gasteiger partial charge in [0.2, 0.25) is 5.88 Å². The Bertz CT molecular complexity index is 3190. The summed E-state index contributed by atoms with van der Waals surface area (Å²) < 4.78 is 37.8. The number of carbonyl (C=O) groups is 1. The van der Waals surface area contributed by atoms with Crippen LogP contribution in [0, 0.1) is 15.5 Å². The molecule has 1 amide bonds. The number of nitrogens with zero attached hydrogens (tertiary/aromatic N) is 7. The van der Waals surface area contributed by atoms with Crippen molar-refractivity contribution >= 4 is 55.1 Å². The number of rotatable bonds is 11. The van der Waals surface area contributed by atoms with Crippen LogP contribution in [0.5, 0.6) is 5.88 Å². The first-order valence-electron chi connectivity index (χ1n) is 23.3. The lowest BCUT2D eigenvalue weighted by molar-refractivity contribution is -0.384. The molecule has 67 heavy (non-hydrogen) atoms. The number of ether oxygens (including phenoxy) is 1. The highest BCUT2D eigenvalue weighted by atomic mass is 32.2. The quantitative estimate of drug-likeness (QED) is 0.0833. The maximum Gasteiger partial charge on any atom is 0.300 e. The second kappa shape index (κ2) is 16.2. The standard InChI is InChI=1S/C50H50N10O6S/c61-48(56-67(64,65)45-26-44(60(62)63)46-49(55-45)66-30-34(53-46)23-31-7-2-1-3-8-31)39-15-14-35(25-42(39)59-43-24-33-16-19-51-47(33)54-40(43)29-52-59)57-21-17-50(18-22-57)27-36(28-50)58-20-6-11-41(58)38-10-5-4-9-37(38)32-12-13-32/h1-5,7-10,14-16,19,24-26,29,32,34,36,41,52-53H,6,11-13,17-18,20-23,27-28,30H2,(H,56,61)/t34-,41-/m0/s1. The Labute approximate surface area is 386 Å². The fraction of sp³-hybridized carbons (Fsp3) is 0.360. The Morgan fingerprint density at radius 3 is 2.51 bits per heavy atom. The molecule has 4 fully saturated rings. The molecule has 3 aliphatic heterocycles. The number of benzene rings is 3. The predicted molar refractivity (Wildman–Crippen MR) is 253 cm³/mol. The van der Waals surface area contributed by atoms with E-state index in [0.717, 1.165) is 54.6 Å². The number of hydrogen-bond donors (Lipinski definition) is 3. The summed E-state index contributed by atoms with van der Waals surface area (Å²) in [6, 6.07) is 29.6. The van der Waals surface area contributed by atoms with Gasteiger partial charge in [0.05, 0.1) is 33.8 Å². The molecule has 2 saturated carbocycles. The summed E-state index contributed by atoms with van der Waals surface area (Å²) >= 11 is 0. The van der Waals surface area contributed by atoms with Crippen LogP contribution in [0.4, 0.5) is 17.1 Å². The molecule has 2 saturated heterocycles. The van der Waals surface area contributed by atoms with Crippen molar-refractivity contribution in [3.63, 3.8) is 0 Å². The first-order chi connectivity index (χ1) is 32.6. The molecule has 7 heterocycles. The zero-order chi connectivity index (χ0) is 45.4. The highest BCUT2D eigenvalue weighted by Gasteiger charge is 2.50. The summed E-state index contributed by atoms with van der Waals surface area (Å²) in [4.78, 5) is 44.4. The minimum Gasteiger partial charge on any atom is -0.474 e. The van der Waals surface area contributed by atoms with Gasteiger partial charge in [-0.05, 0) is 123 Å². The largest absolute Gasteiger partial charge is 0.474 e. The Morgan fingerprint density at radius 1 is 0.925 bits per heavy atom. The Hall–Kier alpha value is -6.85. The van der Waals surface area contributed by atoms with E-state index < -0.39 is 31.6 Å². The van der Waals surface area contributed by atoms with Crippen LogP contribution in [0.2, 0.25) is 0 Å². The number of nitro groups is 1. The van der Waals surface area contributed by atoms with Crippen molar-refractivity contribution in [3.8, 4) is 11.6 Å². The summed E-state index contributed by atoms with van der Waals surface area (Å²) in [5.41, 5.74) is 7.08. The molecular formula is C50H50N10O6S. The molecule has 0 unspecified atom stereocenters. The Kier molecular flexibility index (Phi) is 10.0. The van der Waals surface area contributed by atoms with Gasteiger partial charge in [0.15, 0.2) is 16.4 Å². The van der Waals surface area contributed by atoms with Crippen molar-refractivity contribution in [1.29, 1.82) is 0 Å². The maximum atomic E-state index is 14.3. The summed E-state index contributed by atoms with van der Waals surface area (Å²) in [6.45, 7) is 2.96. The molecule has 16 nitrogen and oxygen atoms in total. The Balaban J connectivity index is 0.797. The monoisotopic (exact) mass is 918 g/mol. The van der Waals surface area contributed by atoms with Gasteiger partial charge in [0.1, 0.15) is 12.1 Å². The van der Waals surface area contributed by atoms with Crippen molar-refractivity contribution in [3.05, 3.63) is 136 Å². The van der Waals surface area contributed by atoms with Gasteiger partial charge in [0.25, 0.3) is 15.9 Å². The van der Waals surface area contributed by atoms with E-state index in [9.17, 15) is 23.3 Å². The molecule has 2 aliphatic carbocycles. The van der Waals surface area contributed by atoms with Crippen LogP contribution in [-0.2, 0) is 16.4 Å². The van der Waals surface area contributed by atoms with Crippen molar-refractivity contribution in [2.24, 2.45) is 5.41 Å². The molecule has 1 spiro atoms. The lowest BCUT2D eigenvalue weighted by Gasteiger charge is -2.56. The zero-order valence-electron chi connectivity index (χ0n) is 36.8. The third kappa shape index (κ3) is 7.63. The fourth-order valence-electron chi connectivity index (χ4n) is 11.3. The van der Waals surface area contributed by atoms with Crippen LogP contribution in [0.3, 0.4) is 0 Å². The third-order valence-electron chi connectivity index (χ3n) is 14.9. The van der Waals surface area contributed by atoms with Gasteiger partial charge in [-0.2, -0.15) is 13.4 Å². The highest BCUT2D eigenvalue weighted by Crippen LogP contribution is 2.55. The number of H-pyrrole nitrogens is 1. The number of anilines is 2. The number of pyridine rings is 2. The number of nitrogens with one attached hydrogen (secondary N) is 3. The van der Waals surface area contributed by atoms with E-state index in [4.69, 9.17) is 9.72 Å². The van der Waals surface area contributed by atoms with Gasteiger partial charge >= 0.3 is 5.69 Å². The number of likely N-dealkylation sites (tertiary alicyclic amines) is 1. The van der Waals surface area contributed by atoms with Gasteiger partial charge < -0.3 is 15.0 Å². The van der Waals surface area contributed by atoms with E-state index in [1.165, 1.54) is 45.1 Å². The van der Waals surface area contributed by atoms with E-state index in [-0.39, 0.29) is 29.8 Å². The van der Waals surface area contributed by atoms with Crippen molar-refractivity contribution in [1.82, 2.24) is 34.4 Å². The van der Waals surface area contributed by atoms with Crippen LogP contribution < -0.4 is 19.7 Å². The normalized spacial score (nSPS) is 20.6. The smallest absolute Gasteiger partial charge is 0.300 e. The first kappa shape index (κ1) is 41.6. The number of aromatic nitrogens is 5. The number of sulfonamides is 1. The van der Waals surface area contributed by atoms with E-state index in [1.54, 1.807) is 34.3 Å². The average molecular weight is 919 g/mol. The topological polar surface area (TPSA) is 194 Å². The molecule has 0 bridgehead atoms. The van der Waals surface area contributed by atoms with E-state index >= 15 is 0 Å². The molecule has 3 aromatic carbocycles. The van der Waals surface area contributed by atoms with Crippen molar-refractivity contribution in [2.45, 2.75) is 86.9 Å². The molecule has 5 aliphatic rings. The molecule has 3 N–H and O–H groups in total. The molecule has 7 aromatic rings. The van der Waals surface area contributed by atoms with E-state index in [2.05, 4.69) is 59.2 Å². The number of fused-ring (bicyclic) bond motifs is 3. The highest BCUT2D eigenvalue weighted by molar-refractivity contribution is 7.90. The Morgan fingerprint density at radius 2 is 1.72 bits per heavy atom. The predicted octanol–water partition coefficient (Wildman–Crippen LogP) is 8.20. The third-order valence-corrected chi connectivity index (χ3v) is 16.1. The molecule has 4 aromatic heterocycles. The number of amides is 1. The molecule has 342 valence electrons. The van der Waals surface area contributed by atoms with Crippen LogP contribution >= 0.6 is 0 Å². The second-order valence-electron chi connectivity index (χ2n) is 19.1. The fourth-order valence-corrected chi connectivity index (χ4v) is 12.3. The summed E-state index contributed by atoms with van der Waals surface area (Å²) in [7, 11) is -4.76. The van der Waals surface area contributed by atoms with Gasteiger partial charge in [-0.15, -0.1) is 0 Å². The lowest BCUT2D eigenvalue weighted by atomic mass is 9.59. The minimum atomic E-state index is -4.76. The maximum absolute atomic E-state index is 14.3. The number of hydrogen-bond acceptors (Lipinski definition) is 12. The van der Waals surface area contributed by atoms with Crippen LogP contribution in [0.25, 0.3) is 27.8 Å². The molecule has 17 heteroatoms. The molecule has 12 rings (SSSR count). The van der Waals surface area contributed by atoms with Crippen LogP contribution in [0.1, 0.15) is 90.4 Å². The average Bonchev–Trinajstić information content (AvgIpc) is 3.66. The van der Waals surface area contributed by atoms with E-state index in [0.29, 0.717) is 46.3 Å². The van der Waals surface area contributed by atoms with Gasteiger partial charge in [-0.1, -0.05) is 54.6 Å². The van der Waals surface area contributed by atoms with Crippen molar-refractivity contribution < 1.29 is 22.9 Å². The number of piperidine rings is 1.